The lowest BCUT2D eigenvalue weighted by Crippen LogP contribution is -2.30. The number of Topliss-reactive ketones (excluding diaryl/α,β-unsaturated/α-hetero) is 1. The number of hydrogen-bond acceptors (Lipinski definition) is 2. The third-order valence-electron chi connectivity index (χ3n) is 3.09. The molecule has 0 aromatic carbocycles. The Morgan fingerprint density at radius 3 is 2.86 bits per heavy atom. The van der Waals surface area contributed by atoms with Gasteiger partial charge in [-0.3, -0.25) is 9.89 Å². The second kappa shape index (κ2) is 2.94. The van der Waals surface area contributed by atoms with E-state index in [9.17, 15) is 4.79 Å². The molecule has 1 N–H and O–H groups in total. The van der Waals surface area contributed by atoms with Gasteiger partial charge in [-0.1, -0.05) is 20.8 Å². The molecular formula is C11H16N2O. The molecule has 0 saturated carbocycles. The van der Waals surface area contributed by atoms with Gasteiger partial charge in [0.15, 0.2) is 5.78 Å². The Morgan fingerprint density at radius 1 is 1.50 bits per heavy atom. The van der Waals surface area contributed by atoms with Crippen molar-refractivity contribution < 1.29 is 4.79 Å². The van der Waals surface area contributed by atoms with Crippen molar-refractivity contribution in [2.45, 2.75) is 40.0 Å². The first kappa shape index (κ1) is 9.44. The highest BCUT2D eigenvalue weighted by atomic mass is 16.1. The van der Waals surface area contributed by atoms with Crippen molar-refractivity contribution in [3.63, 3.8) is 0 Å². The molecule has 0 bridgehead atoms. The zero-order valence-corrected chi connectivity index (χ0v) is 8.98. The summed E-state index contributed by atoms with van der Waals surface area (Å²) < 4.78 is 0. The maximum atomic E-state index is 12.1. The Bertz CT molecular complexity index is 363. The molecule has 0 unspecified atom stereocenters. The van der Waals surface area contributed by atoms with Crippen LogP contribution in [0, 0.1) is 5.41 Å². The second-order valence-corrected chi connectivity index (χ2v) is 4.59. The van der Waals surface area contributed by atoms with Gasteiger partial charge in [-0.2, -0.15) is 5.10 Å². The van der Waals surface area contributed by atoms with Gasteiger partial charge in [0, 0.05) is 11.1 Å². The first-order valence-electron chi connectivity index (χ1n) is 5.17. The number of aromatic nitrogens is 2. The molecular weight excluding hydrogens is 176 g/mol. The minimum atomic E-state index is -0.208. The van der Waals surface area contributed by atoms with Crippen LogP contribution in [0.1, 0.15) is 48.9 Å². The number of nitrogens with one attached hydrogen (secondary N) is 1. The molecule has 14 heavy (non-hydrogen) atoms. The van der Waals surface area contributed by atoms with Crippen molar-refractivity contribution in [1.82, 2.24) is 10.2 Å². The number of nitrogens with zero attached hydrogens (tertiary/aromatic N) is 1. The molecule has 0 fully saturated rings. The molecule has 0 saturated heterocycles. The number of aryl methyl sites for hydroxylation is 2. The highest BCUT2D eigenvalue weighted by molar-refractivity contribution is 6.02. The van der Waals surface area contributed by atoms with Gasteiger partial charge in [0.2, 0.25) is 0 Å². The molecule has 1 aliphatic rings. The second-order valence-electron chi connectivity index (χ2n) is 4.59. The SMILES string of the molecule is CCc1n[nH]c2c1C(=O)C(C)(C)CC2. The number of ketones is 1. The molecule has 1 aliphatic carbocycles. The highest BCUT2D eigenvalue weighted by Gasteiger charge is 2.36. The summed E-state index contributed by atoms with van der Waals surface area (Å²) in [6, 6.07) is 0. The van der Waals surface area contributed by atoms with E-state index in [0.29, 0.717) is 0 Å². The topological polar surface area (TPSA) is 45.8 Å². The lowest BCUT2D eigenvalue weighted by atomic mass is 9.74. The Hall–Kier alpha value is -1.12. The van der Waals surface area contributed by atoms with Crippen LogP contribution in [0.5, 0.6) is 0 Å². The smallest absolute Gasteiger partial charge is 0.172 e. The number of H-pyrrole nitrogens is 1. The molecule has 3 nitrogen and oxygen atoms in total. The van der Waals surface area contributed by atoms with E-state index in [0.717, 1.165) is 36.2 Å². The molecule has 0 atom stereocenters. The molecule has 0 amide bonds. The average molecular weight is 192 g/mol. The summed E-state index contributed by atoms with van der Waals surface area (Å²) >= 11 is 0. The maximum absolute atomic E-state index is 12.1. The largest absolute Gasteiger partial charge is 0.293 e. The molecule has 1 aromatic rings. The molecule has 3 heteroatoms. The Balaban J connectivity index is 2.52. The van der Waals surface area contributed by atoms with E-state index >= 15 is 0 Å². The minimum absolute atomic E-state index is 0.208. The predicted octanol–water partition coefficient (Wildman–Crippen LogP) is 2.13. The van der Waals surface area contributed by atoms with Gasteiger partial charge in [-0.15, -0.1) is 0 Å². The Kier molecular flexibility index (Phi) is 1.98. The number of carbonyl (C=O) groups excluding carboxylic acids is 1. The molecule has 0 spiro atoms. The Labute approximate surface area is 83.9 Å². The van der Waals surface area contributed by atoms with Crippen molar-refractivity contribution in [3.8, 4) is 0 Å². The van der Waals surface area contributed by atoms with Crippen LogP contribution >= 0.6 is 0 Å². The van der Waals surface area contributed by atoms with Crippen molar-refractivity contribution in [1.29, 1.82) is 0 Å². The van der Waals surface area contributed by atoms with Gasteiger partial charge in [0.05, 0.1) is 11.3 Å². The summed E-state index contributed by atoms with van der Waals surface area (Å²) in [6.45, 7) is 6.07. The average Bonchev–Trinajstić information content (AvgIpc) is 2.55. The fraction of sp³-hybridized carbons (Fsp3) is 0.636. The van der Waals surface area contributed by atoms with Crippen molar-refractivity contribution >= 4 is 5.78 Å². The van der Waals surface area contributed by atoms with Crippen LogP contribution in [0.4, 0.5) is 0 Å². The van der Waals surface area contributed by atoms with E-state index in [4.69, 9.17) is 0 Å². The fourth-order valence-corrected chi connectivity index (χ4v) is 2.02. The lowest BCUT2D eigenvalue weighted by Gasteiger charge is -2.27. The van der Waals surface area contributed by atoms with Crippen LogP contribution < -0.4 is 0 Å². The molecule has 1 heterocycles. The number of rotatable bonds is 1. The number of carbonyl (C=O) groups is 1. The minimum Gasteiger partial charge on any atom is -0.293 e. The zero-order chi connectivity index (χ0) is 10.3. The van der Waals surface area contributed by atoms with E-state index in [1.165, 1.54) is 0 Å². The Morgan fingerprint density at radius 2 is 2.21 bits per heavy atom. The molecule has 0 radical (unpaired) electrons. The summed E-state index contributed by atoms with van der Waals surface area (Å²) in [6.07, 6.45) is 2.69. The van der Waals surface area contributed by atoms with E-state index in [-0.39, 0.29) is 11.2 Å². The molecule has 0 aliphatic heterocycles. The summed E-state index contributed by atoms with van der Waals surface area (Å²) in [5, 5.41) is 7.16. The van der Waals surface area contributed by atoms with Gasteiger partial charge in [-0.25, -0.2) is 0 Å². The van der Waals surface area contributed by atoms with Crippen molar-refractivity contribution in [3.05, 3.63) is 17.0 Å². The standard InChI is InChI=1S/C11H16N2O/c1-4-7-9-8(13-12-7)5-6-11(2,3)10(9)14/h4-6H2,1-3H3,(H,12,13). The number of hydrogen-bond donors (Lipinski definition) is 1. The molecule has 76 valence electrons. The highest BCUT2D eigenvalue weighted by Crippen LogP contribution is 2.35. The third kappa shape index (κ3) is 1.19. The summed E-state index contributed by atoms with van der Waals surface area (Å²) in [5.74, 6) is 0.254. The number of fused-ring (bicyclic) bond motifs is 1. The molecule has 2 rings (SSSR count). The normalized spacial score (nSPS) is 19.5. The van der Waals surface area contributed by atoms with E-state index < -0.39 is 0 Å². The van der Waals surface area contributed by atoms with Crippen LogP contribution in [0.2, 0.25) is 0 Å². The first-order chi connectivity index (χ1) is 6.56. The van der Waals surface area contributed by atoms with Crippen molar-refractivity contribution in [2.24, 2.45) is 5.41 Å². The van der Waals surface area contributed by atoms with Crippen molar-refractivity contribution in [2.75, 3.05) is 0 Å². The zero-order valence-electron chi connectivity index (χ0n) is 8.98. The van der Waals surface area contributed by atoms with Crippen LogP contribution in [-0.2, 0) is 12.8 Å². The van der Waals surface area contributed by atoms with Gasteiger partial charge < -0.3 is 0 Å². The summed E-state index contributed by atoms with van der Waals surface area (Å²) in [7, 11) is 0. The van der Waals surface area contributed by atoms with E-state index in [1.807, 2.05) is 20.8 Å². The number of aromatic amines is 1. The third-order valence-corrected chi connectivity index (χ3v) is 3.09. The molecule has 1 aromatic heterocycles. The monoisotopic (exact) mass is 192 g/mol. The quantitative estimate of drug-likeness (QED) is 0.740. The van der Waals surface area contributed by atoms with Gasteiger partial charge in [0.1, 0.15) is 0 Å². The fourth-order valence-electron chi connectivity index (χ4n) is 2.02. The van der Waals surface area contributed by atoms with E-state index in [1.54, 1.807) is 0 Å². The predicted molar refractivity (Wildman–Crippen MR) is 54.4 cm³/mol. The summed E-state index contributed by atoms with van der Waals surface area (Å²) in [5.41, 5.74) is 2.62. The first-order valence-corrected chi connectivity index (χ1v) is 5.17. The van der Waals surface area contributed by atoms with Gasteiger partial charge in [0.25, 0.3) is 0 Å². The lowest BCUT2D eigenvalue weighted by molar-refractivity contribution is 0.0809. The maximum Gasteiger partial charge on any atom is 0.172 e. The summed E-state index contributed by atoms with van der Waals surface area (Å²) in [4.78, 5) is 12.1. The van der Waals surface area contributed by atoms with Crippen LogP contribution in [0.25, 0.3) is 0 Å². The van der Waals surface area contributed by atoms with Crippen LogP contribution in [-0.4, -0.2) is 16.0 Å². The van der Waals surface area contributed by atoms with Crippen LogP contribution in [0.3, 0.4) is 0 Å². The van der Waals surface area contributed by atoms with Crippen LogP contribution in [0.15, 0.2) is 0 Å². The van der Waals surface area contributed by atoms with Gasteiger partial charge in [-0.05, 0) is 19.3 Å². The van der Waals surface area contributed by atoms with E-state index in [2.05, 4.69) is 10.2 Å². The van der Waals surface area contributed by atoms with Gasteiger partial charge >= 0.3 is 0 Å².